The first-order valence-corrected chi connectivity index (χ1v) is 7.03. The maximum absolute atomic E-state index is 5.66. The van der Waals surface area contributed by atoms with Gasteiger partial charge in [0.25, 0.3) is 0 Å². The largest absolute Gasteiger partial charge is 0.370 e. The van der Waals surface area contributed by atoms with Crippen LogP contribution in [0.15, 0.2) is 4.52 Å². The summed E-state index contributed by atoms with van der Waals surface area (Å²) in [5.41, 5.74) is 0. The number of rotatable bonds is 6. The molecule has 0 spiro atoms. The number of ether oxygens (including phenoxy) is 1. The van der Waals surface area contributed by atoms with Gasteiger partial charge >= 0.3 is 0 Å². The van der Waals surface area contributed by atoms with Crippen molar-refractivity contribution in [1.29, 1.82) is 0 Å². The van der Waals surface area contributed by atoms with Gasteiger partial charge in [0.1, 0.15) is 6.10 Å². The molecule has 1 aliphatic rings. The minimum atomic E-state index is -0.0268. The normalized spacial score (nSPS) is 22.0. The zero-order chi connectivity index (χ0) is 12.8. The topological polar surface area (TPSA) is 60.2 Å². The lowest BCUT2D eigenvalue weighted by Crippen LogP contribution is -2.27. The van der Waals surface area contributed by atoms with Crippen molar-refractivity contribution in [3.05, 3.63) is 11.7 Å². The van der Waals surface area contributed by atoms with Crippen molar-refractivity contribution < 1.29 is 9.26 Å². The van der Waals surface area contributed by atoms with Crippen LogP contribution in [0.1, 0.15) is 69.8 Å². The Morgan fingerprint density at radius 1 is 1.44 bits per heavy atom. The summed E-state index contributed by atoms with van der Waals surface area (Å²) in [6, 6.07) is 0.226. The molecule has 0 radical (unpaired) electrons. The average molecular weight is 253 g/mol. The molecule has 0 saturated carbocycles. The smallest absolute Gasteiger partial charge is 0.243 e. The third-order valence-corrected chi connectivity index (χ3v) is 3.27. The molecule has 5 heteroatoms. The molecular weight excluding hydrogens is 230 g/mol. The van der Waals surface area contributed by atoms with Gasteiger partial charge in [0.15, 0.2) is 0 Å². The molecular formula is C13H23N3O2. The van der Waals surface area contributed by atoms with Crippen LogP contribution in [0.2, 0.25) is 0 Å². The summed E-state index contributed by atoms with van der Waals surface area (Å²) in [6.45, 7) is 5.84. The quantitative estimate of drug-likeness (QED) is 0.844. The zero-order valence-corrected chi connectivity index (χ0v) is 11.3. The second kappa shape index (κ2) is 6.85. The Kier molecular flexibility index (Phi) is 5.13. The van der Waals surface area contributed by atoms with Crippen molar-refractivity contribution in [3.8, 4) is 0 Å². The van der Waals surface area contributed by atoms with E-state index in [1.807, 2.05) is 6.92 Å². The maximum atomic E-state index is 5.66. The molecule has 1 aliphatic heterocycles. The lowest BCUT2D eigenvalue weighted by Gasteiger charge is -2.19. The molecule has 1 aromatic heterocycles. The molecule has 2 rings (SSSR count). The van der Waals surface area contributed by atoms with E-state index in [1.165, 1.54) is 12.8 Å². The summed E-state index contributed by atoms with van der Waals surface area (Å²) in [7, 11) is 0. The molecule has 2 atom stereocenters. The third kappa shape index (κ3) is 3.29. The molecule has 0 aromatic carbocycles. The van der Waals surface area contributed by atoms with Gasteiger partial charge in [-0.1, -0.05) is 24.9 Å². The number of hydrogen-bond donors (Lipinski definition) is 1. The SMILES string of the molecule is CCCC(OCC)c1noc([C@H]2CCCCN2)n1. The molecule has 0 bridgehead atoms. The second-order valence-corrected chi connectivity index (χ2v) is 4.73. The van der Waals surface area contributed by atoms with Crippen LogP contribution in [-0.2, 0) is 4.74 Å². The summed E-state index contributed by atoms with van der Waals surface area (Å²) in [4.78, 5) is 4.51. The van der Waals surface area contributed by atoms with Gasteiger partial charge < -0.3 is 14.6 Å². The number of nitrogens with one attached hydrogen (secondary N) is 1. The number of hydrogen-bond acceptors (Lipinski definition) is 5. The molecule has 102 valence electrons. The second-order valence-electron chi connectivity index (χ2n) is 4.73. The minimum Gasteiger partial charge on any atom is -0.370 e. The van der Waals surface area contributed by atoms with Crippen LogP contribution in [0.4, 0.5) is 0 Å². The minimum absolute atomic E-state index is 0.0268. The highest BCUT2D eigenvalue weighted by Gasteiger charge is 2.24. The van der Waals surface area contributed by atoms with Gasteiger partial charge in [-0.15, -0.1) is 0 Å². The fraction of sp³-hybridized carbons (Fsp3) is 0.846. The Morgan fingerprint density at radius 3 is 3.00 bits per heavy atom. The lowest BCUT2D eigenvalue weighted by molar-refractivity contribution is 0.0477. The summed E-state index contributed by atoms with van der Waals surface area (Å²) in [6.07, 6.45) is 5.49. The van der Waals surface area contributed by atoms with Crippen LogP contribution in [0, 0.1) is 0 Å². The van der Waals surface area contributed by atoms with E-state index in [4.69, 9.17) is 9.26 Å². The Labute approximate surface area is 108 Å². The molecule has 0 aliphatic carbocycles. The van der Waals surface area contributed by atoms with E-state index < -0.39 is 0 Å². The first-order chi connectivity index (χ1) is 8.85. The Hall–Kier alpha value is -0.940. The standard InChI is InChI=1S/C13H23N3O2/c1-3-7-11(17-4-2)12-15-13(18-16-12)10-8-5-6-9-14-10/h10-11,14H,3-9H2,1-2H3/t10-,11?/m1/s1. The van der Waals surface area contributed by atoms with E-state index >= 15 is 0 Å². The highest BCUT2D eigenvalue weighted by molar-refractivity contribution is 4.97. The van der Waals surface area contributed by atoms with Gasteiger partial charge in [0.2, 0.25) is 11.7 Å². The van der Waals surface area contributed by atoms with Crippen molar-refractivity contribution in [2.24, 2.45) is 0 Å². The predicted molar refractivity (Wildman–Crippen MR) is 68.2 cm³/mol. The summed E-state index contributed by atoms with van der Waals surface area (Å²) in [5, 5.41) is 7.49. The van der Waals surface area contributed by atoms with Crippen LogP contribution in [0.3, 0.4) is 0 Å². The van der Waals surface area contributed by atoms with Gasteiger partial charge in [-0.3, -0.25) is 0 Å². The fourth-order valence-corrected chi connectivity index (χ4v) is 2.33. The first kappa shape index (κ1) is 13.5. The van der Waals surface area contributed by atoms with E-state index in [-0.39, 0.29) is 12.1 Å². The van der Waals surface area contributed by atoms with Crippen LogP contribution < -0.4 is 5.32 Å². The summed E-state index contributed by atoms with van der Waals surface area (Å²) < 4.78 is 11.0. The van der Waals surface area contributed by atoms with E-state index in [2.05, 4.69) is 22.4 Å². The highest BCUT2D eigenvalue weighted by atomic mass is 16.5. The Balaban J connectivity index is 2.02. The van der Waals surface area contributed by atoms with Gasteiger partial charge in [-0.05, 0) is 32.7 Å². The van der Waals surface area contributed by atoms with E-state index in [9.17, 15) is 0 Å². The first-order valence-electron chi connectivity index (χ1n) is 7.03. The molecule has 1 fully saturated rings. The van der Waals surface area contributed by atoms with Crippen molar-refractivity contribution >= 4 is 0 Å². The van der Waals surface area contributed by atoms with Crippen molar-refractivity contribution in [3.63, 3.8) is 0 Å². The molecule has 1 N–H and O–H groups in total. The van der Waals surface area contributed by atoms with Gasteiger partial charge in [-0.2, -0.15) is 4.98 Å². The molecule has 2 heterocycles. The van der Waals surface area contributed by atoms with Gasteiger partial charge in [0, 0.05) is 6.61 Å². The predicted octanol–water partition coefficient (Wildman–Crippen LogP) is 2.76. The van der Waals surface area contributed by atoms with Crippen molar-refractivity contribution in [2.45, 2.75) is 58.1 Å². The molecule has 1 unspecified atom stereocenters. The number of nitrogens with zero attached hydrogens (tertiary/aromatic N) is 2. The Morgan fingerprint density at radius 2 is 2.33 bits per heavy atom. The highest BCUT2D eigenvalue weighted by Crippen LogP contribution is 2.25. The Bertz CT molecular complexity index is 342. The van der Waals surface area contributed by atoms with Crippen molar-refractivity contribution in [2.75, 3.05) is 13.2 Å². The summed E-state index contributed by atoms with van der Waals surface area (Å²) >= 11 is 0. The van der Waals surface area contributed by atoms with E-state index in [0.717, 1.165) is 25.8 Å². The fourth-order valence-electron chi connectivity index (χ4n) is 2.33. The third-order valence-electron chi connectivity index (χ3n) is 3.27. The van der Waals surface area contributed by atoms with E-state index in [1.54, 1.807) is 0 Å². The molecule has 5 nitrogen and oxygen atoms in total. The van der Waals surface area contributed by atoms with Gasteiger partial charge in [0.05, 0.1) is 6.04 Å². The van der Waals surface area contributed by atoms with Crippen LogP contribution in [0.25, 0.3) is 0 Å². The van der Waals surface area contributed by atoms with Crippen LogP contribution >= 0.6 is 0 Å². The molecule has 18 heavy (non-hydrogen) atoms. The number of aromatic nitrogens is 2. The monoisotopic (exact) mass is 253 g/mol. The van der Waals surface area contributed by atoms with Crippen LogP contribution in [-0.4, -0.2) is 23.3 Å². The van der Waals surface area contributed by atoms with E-state index in [0.29, 0.717) is 18.3 Å². The molecule has 1 aromatic rings. The van der Waals surface area contributed by atoms with Crippen molar-refractivity contribution in [1.82, 2.24) is 15.5 Å². The number of piperidine rings is 1. The summed E-state index contributed by atoms with van der Waals surface area (Å²) in [5.74, 6) is 1.41. The average Bonchev–Trinajstić information content (AvgIpc) is 2.89. The maximum Gasteiger partial charge on any atom is 0.243 e. The lowest BCUT2D eigenvalue weighted by atomic mass is 10.1. The molecule has 1 saturated heterocycles. The zero-order valence-electron chi connectivity index (χ0n) is 11.3. The molecule has 0 amide bonds. The van der Waals surface area contributed by atoms with Crippen LogP contribution in [0.5, 0.6) is 0 Å². The van der Waals surface area contributed by atoms with Gasteiger partial charge in [-0.25, -0.2) is 0 Å².